The van der Waals surface area contributed by atoms with Crippen molar-refractivity contribution >= 4 is 22.7 Å². The summed E-state index contributed by atoms with van der Waals surface area (Å²) in [7, 11) is 0. The van der Waals surface area contributed by atoms with E-state index in [1.165, 1.54) is 11.3 Å². The number of rotatable bonds is 0. The Hall–Kier alpha value is -1.58. The van der Waals surface area contributed by atoms with Crippen LogP contribution >= 0.6 is 0 Å². The summed E-state index contributed by atoms with van der Waals surface area (Å²) in [6.07, 6.45) is 0. The van der Waals surface area contributed by atoms with Crippen molar-refractivity contribution < 1.29 is 0 Å². The van der Waals surface area contributed by atoms with E-state index in [0.29, 0.717) is 0 Å². The van der Waals surface area contributed by atoms with E-state index in [9.17, 15) is 0 Å². The van der Waals surface area contributed by atoms with Crippen LogP contribution < -0.4 is 11.1 Å². The van der Waals surface area contributed by atoms with Crippen LogP contribution in [0.1, 0.15) is 0 Å². The molecule has 4 nitrogen and oxygen atoms in total. The van der Waals surface area contributed by atoms with Gasteiger partial charge in [-0.25, -0.2) is 0 Å². The number of nitrogen functional groups attached to an aromatic ring is 1. The second kappa shape index (κ2) is 1.77. The van der Waals surface area contributed by atoms with Crippen LogP contribution in [0.15, 0.2) is 12.1 Å². The first-order valence-electron chi connectivity index (χ1n) is 4.06. The molecule has 1 aliphatic rings. The molecule has 0 unspecified atom stereocenters. The van der Waals surface area contributed by atoms with Gasteiger partial charge in [-0.05, 0) is 0 Å². The monoisotopic (exact) mass is 162 g/mol. The molecule has 3 rings (SSSR count). The molecule has 3 heterocycles. The number of nitrogens with one attached hydrogen (secondary N) is 2. The normalized spacial score (nSPS) is 15.0. The zero-order chi connectivity index (χ0) is 8.13. The van der Waals surface area contributed by atoms with Gasteiger partial charge in [0.1, 0.15) is 11.6 Å². The summed E-state index contributed by atoms with van der Waals surface area (Å²) in [4.78, 5) is 3.10. The maximum Gasteiger partial charge on any atom is 0.108 e. The number of aromatic nitrogens is 2. The predicted octanol–water partition coefficient (Wildman–Crippen LogP) is 0.977. The van der Waals surface area contributed by atoms with E-state index in [0.717, 1.165) is 24.4 Å². The van der Waals surface area contributed by atoms with Crippen LogP contribution in [0.3, 0.4) is 0 Å². The first-order chi connectivity index (χ1) is 5.84. The molecule has 4 N–H and O–H groups in total. The van der Waals surface area contributed by atoms with Crippen molar-refractivity contribution in [3.63, 3.8) is 0 Å². The van der Waals surface area contributed by atoms with Gasteiger partial charge < -0.3 is 20.6 Å². The lowest BCUT2D eigenvalue weighted by atomic mass is 10.4. The largest absolute Gasteiger partial charge is 0.385 e. The van der Waals surface area contributed by atoms with Crippen LogP contribution in [0.5, 0.6) is 0 Å². The van der Waals surface area contributed by atoms with Gasteiger partial charge in [-0.3, -0.25) is 0 Å². The molecule has 0 amide bonds. The summed E-state index contributed by atoms with van der Waals surface area (Å²) in [6, 6.07) is 4.07. The number of anilines is 2. The van der Waals surface area contributed by atoms with Crippen molar-refractivity contribution in [1.29, 1.82) is 0 Å². The molecule has 1 aliphatic heterocycles. The molecular formula is C8H10N4. The summed E-state index contributed by atoms with van der Waals surface area (Å²) in [6.45, 7) is 2.06. The summed E-state index contributed by atoms with van der Waals surface area (Å²) < 4.78 is 2.24. The molecule has 2 aromatic heterocycles. The summed E-state index contributed by atoms with van der Waals surface area (Å²) in [5, 5.41) is 3.30. The number of nitrogens with zero attached hydrogens (tertiary/aromatic N) is 1. The SMILES string of the molecule is Nc1cc2c(cc3n2CCN3)[nH]1. The van der Waals surface area contributed by atoms with Gasteiger partial charge in [0.15, 0.2) is 0 Å². The molecule has 2 aromatic rings. The van der Waals surface area contributed by atoms with Gasteiger partial charge in [0.2, 0.25) is 0 Å². The van der Waals surface area contributed by atoms with Crippen molar-refractivity contribution in [2.75, 3.05) is 17.6 Å². The molecular weight excluding hydrogens is 152 g/mol. The fourth-order valence-electron chi connectivity index (χ4n) is 1.84. The van der Waals surface area contributed by atoms with Crippen molar-refractivity contribution in [1.82, 2.24) is 9.55 Å². The Labute approximate surface area is 69.4 Å². The zero-order valence-electron chi connectivity index (χ0n) is 6.59. The van der Waals surface area contributed by atoms with Crippen LogP contribution in [0, 0.1) is 0 Å². The minimum Gasteiger partial charge on any atom is -0.385 e. The number of hydrogen-bond donors (Lipinski definition) is 3. The lowest BCUT2D eigenvalue weighted by Crippen LogP contribution is -1.93. The van der Waals surface area contributed by atoms with Crippen LogP contribution in [0.25, 0.3) is 11.0 Å². The number of aromatic amines is 1. The fourth-order valence-corrected chi connectivity index (χ4v) is 1.84. The summed E-state index contributed by atoms with van der Waals surface area (Å²) in [5.41, 5.74) is 7.96. The smallest absolute Gasteiger partial charge is 0.108 e. The summed E-state index contributed by atoms with van der Waals surface area (Å²) in [5.74, 6) is 1.93. The fraction of sp³-hybridized carbons (Fsp3) is 0.250. The van der Waals surface area contributed by atoms with Crippen molar-refractivity contribution in [2.45, 2.75) is 6.54 Å². The van der Waals surface area contributed by atoms with E-state index < -0.39 is 0 Å². The number of fused-ring (bicyclic) bond motifs is 3. The van der Waals surface area contributed by atoms with E-state index >= 15 is 0 Å². The first-order valence-corrected chi connectivity index (χ1v) is 4.06. The predicted molar refractivity (Wildman–Crippen MR) is 49.2 cm³/mol. The zero-order valence-corrected chi connectivity index (χ0v) is 6.59. The number of hydrogen-bond acceptors (Lipinski definition) is 2. The highest BCUT2D eigenvalue weighted by molar-refractivity contribution is 5.86. The van der Waals surface area contributed by atoms with Gasteiger partial charge in [0.05, 0.1) is 11.0 Å². The second-order valence-corrected chi connectivity index (χ2v) is 3.13. The molecule has 0 aliphatic carbocycles. The third-order valence-corrected chi connectivity index (χ3v) is 2.35. The van der Waals surface area contributed by atoms with Gasteiger partial charge >= 0.3 is 0 Å². The lowest BCUT2D eigenvalue weighted by molar-refractivity contribution is 0.840. The molecule has 4 heteroatoms. The maximum atomic E-state index is 5.64. The first kappa shape index (κ1) is 5.99. The number of H-pyrrole nitrogens is 1. The minimum absolute atomic E-state index is 0.738. The Kier molecular flexibility index (Phi) is 0.885. The number of nitrogens with two attached hydrogens (primary N) is 1. The van der Waals surface area contributed by atoms with Gasteiger partial charge in [0.25, 0.3) is 0 Å². The third-order valence-electron chi connectivity index (χ3n) is 2.35. The highest BCUT2D eigenvalue weighted by Crippen LogP contribution is 2.27. The van der Waals surface area contributed by atoms with E-state index in [-0.39, 0.29) is 0 Å². The average molecular weight is 162 g/mol. The van der Waals surface area contributed by atoms with Gasteiger partial charge in [-0.1, -0.05) is 0 Å². The molecule has 12 heavy (non-hydrogen) atoms. The maximum absolute atomic E-state index is 5.64. The molecule has 0 aromatic carbocycles. The molecule has 0 bridgehead atoms. The topological polar surface area (TPSA) is 58.8 Å². The van der Waals surface area contributed by atoms with Gasteiger partial charge in [-0.15, -0.1) is 0 Å². The molecule has 0 saturated heterocycles. The van der Waals surface area contributed by atoms with Crippen LogP contribution in [-0.4, -0.2) is 16.1 Å². The third kappa shape index (κ3) is 0.574. The Balaban J connectivity index is 2.40. The van der Waals surface area contributed by atoms with Gasteiger partial charge in [0, 0.05) is 25.2 Å². The average Bonchev–Trinajstić information content (AvgIpc) is 2.59. The molecule has 0 spiro atoms. The Bertz CT molecular complexity index is 437. The quantitative estimate of drug-likeness (QED) is 0.540. The van der Waals surface area contributed by atoms with Gasteiger partial charge in [-0.2, -0.15) is 0 Å². The van der Waals surface area contributed by atoms with Crippen molar-refractivity contribution in [2.24, 2.45) is 0 Å². The van der Waals surface area contributed by atoms with E-state index in [1.807, 2.05) is 6.07 Å². The van der Waals surface area contributed by atoms with E-state index in [4.69, 9.17) is 5.73 Å². The standard InChI is InChI=1S/C8H10N4/c9-7-4-6-5(11-7)3-8-10-1-2-12(6)8/h3-4,10-11H,1-2,9H2. The molecule has 62 valence electrons. The Morgan fingerprint density at radius 1 is 1.42 bits per heavy atom. The highest BCUT2D eigenvalue weighted by atomic mass is 15.2. The molecule has 0 fully saturated rings. The van der Waals surface area contributed by atoms with E-state index in [1.54, 1.807) is 0 Å². The summed E-state index contributed by atoms with van der Waals surface area (Å²) >= 11 is 0. The second-order valence-electron chi connectivity index (χ2n) is 3.13. The Morgan fingerprint density at radius 2 is 2.33 bits per heavy atom. The van der Waals surface area contributed by atoms with Crippen LogP contribution in [0.2, 0.25) is 0 Å². The van der Waals surface area contributed by atoms with Crippen molar-refractivity contribution in [3.8, 4) is 0 Å². The van der Waals surface area contributed by atoms with E-state index in [2.05, 4.69) is 20.9 Å². The minimum atomic E-state index is 0.738. The molecule has 0 saturated carbocycles. The van der Waals surface area contributed by atoms with Crippen LogP contribution in [0.4, 0.5) is 11.6 Å². The van der Waals surface area contributed by atoms with Crippen molar-refractivity contribution in [3.05, 3.63) is 12.1 Å². The van der Waals surface area contributed by atoms with Crippen LogP contribution in [-0.2, 0) is 6.54 Å². The molecule has 0 atom stereocenters. The molecule has 0 radical (unpaired) electrons. The Morgan fingerprint density at radius 3 is 3.25 bits per heavy atom. The highest BCUT2D eigenvalue weighted by Gasteiger charge is 2.14. The lowest BCUT2D eigenvalue weighted by Gasteiger charge is -1.93.